The molecule has 0 amide bonds. The maximum Gasteiger partial charge on any atom is 0.157 e. The van der Waals surface area contributed by atoms with Crippen LogP contribution in [0.4, 0.5) is 11.5 Å². The lowest BCUT2D eigenvalue weighted by Gasteiger charge is -2.24. The van der Waals surface area contributed by atoms with Gasteiger partial charge < -0.3 is 10.2 Å². The van der Waals surface area contributed by atoms with E-state index < -0.39 is 0 Å². The Balaban J connectivity index is 0.000000615. The van der Waals surface area contributed by atoms with E-state index in [2.05, 4.69) is 21.3 Å². The highest BCUT2D eigenvalue weighted by atomic mass is 35.5. The van der Waals surface area contributed by atoms with Crippen LogP contribution >= 0.6 is 23.2 Å². The zero-order chi connectivity index (χ0) is 17.6. The first-order chi connectivity index (χ1) is 11.1. The molecule has 1 aliphatic carbocycles. The van der Waals surface area contributed by atoms with Crippen LogP contribution in [0.2, 0.25) is 10.2 Å². The van der Waals surface area contributed by atoms with Gasteiger partial charge in [0.2, 0.25) is 0 Å². The van der Waals surface area contributed by atoms with E-state index in [1.165, 1.54) is 0 Å². The van der Waals surface area contributed by atoms with E-state index in [0.717, 1.165) is 36.3 Å². The molecule has 0 radical (unpaired) electrons. The average molecular weight is 357 g/mol. The highest BCUT2D eigenvalue weighted by Crippen LogP contribution is 2.43. The first-order valence-corrected chi connectivity index (χ1v) is 9.13. The molecule has 2 unspecified atom stereocenters. The van der Waals surface area contributed by atoms with E-state index in [9.17, 15) is 0 Å². The van der Waals surface area contributed by atoms with Gasteiger partial charge in [0.1, 0.15) is 5.15 Å². The van der Waals surface area contributed by atoms with Crippen LogP contribution in [0.25, 0.3) is 0 Å². The van der Waals surface area contributed by atoms with E-state index in [0.29, 0.717) is 22.9 Å². The van der Waals surface area contributed by atoms with Gasteiger partial charge >= 0.3 is 0 Å². The van der Waals surface area contributed by atoms with E-state index in [4.69, 9.17) is 28.5 Å². The van der Waals surface area contributed by atoms with Crippen molar-refractivity contribution >= 4 is 34.7 Å². The van der Waals surface area contributed by atoms with Gasteiger partial charge in [-0.05, 0) is 26.2 Å². The number of hydrogen-bond acceptors (Lipinski definition) is 4. The molecule has 1 aliphatic heterocycles. The number of rotatable bonds is 1. The maximum atomic E-state index is 9.00. The Morgan fingerprint density at radius 3 is 2.43 bits per heavy atom. The lowest BCUT2D eigenvalue weighted by molar-refractivity contribution is 0.610. The van der Waals surface area contributed by atoms with Gasteiger partial charge in [0.05, 0.1) is 23.4 Å². The Kier molecular flexibility index (Phi) is 7.94. The molecule has 1 fully saturated rings. The largest absolute Gasteiger partial charge is 0.363 e. The Morgan fingerprint density at radius 2 is 1.87 bits per heavy atom. The van der Waals surface area contributed by atoms with Crippen molar-refractivity contribution in [2.75, 3.05) is 16.9 Å². The summed E-state index contributed by atoms with van der Waals surface area (Å²) < 4.78 is 0. The second kappa shape index (κ2) is 9.20. The molecule has 0 spiro atoms. The van der Waals surface area contributed by atoms with Gasteiger partial charge in [-0.2, -0.15) is 5.26 Å². The fourth-order valence-electron chi connectivity index (χ4n) is 2.87. The topological polar surface area (TPSA) is 52.0 Å². The number of aromatic nitrogens is 1. The number of nitrogens with zero attached hydrogens (tertiary/aromatic N) is 3. The van der Waals surface area contributed by atoms with Crippen molar-refractivity contribution in [3.63, 3.8) is 0 Å². The van der Waals surface area contributed by atoms with Crippen LogP contribution in [0.1, 0.15) is 52.5 Å². The smallest absolute Gasteiger partial charge is 0.157 e. The Morgan fingerprint density at radius 1 is 1.22 bits per heavy atom. The minimum absolute atomic E-state index is 0.158. The van der Waals surface area contributed by atoms with Crippen molar-refractivity contribution in [2.45, 2.75) is 59.9 Å². The fraction of sp³-hybridized carbons (Fsp3) is 0.647. The number of anilines is 2. The van der Waals surface area contributed by atoms with Crippen LogP contribution in [0.15, 0.2) is 0 Å². The van der Waals surface area contributed by atoms with Gasteiger partial charge in [0, 0.05) is 17.5 Å². The van der Waals surface area contributed by atoms with Gasteiger partial charge in [0.25, 0.3) is 0 Å². The number of hydrogen-bond donors (Lipinski definition) is 1. The molecule has 0 saturated heterocycles. The molecule has 3 rings (SSSR count). The number of pyridine rings is 1. The Labute approximate surface area is 149 Å². The average Bonchev–Trinajstić information content (AvgIpc) is 3.23. The molecule has 0 aromatic carbocycles. The third-order valence-electron chi connectivity index (χ3n) is 4.01. The number of fused-ring (bicyclic) bond motifs is 1. The predicted octanol–water partition coefficient (Wildman–Crippen LogP) is 5.63. The van der Waals surface area contributed by atoms with Crippen LogP contribution in [0.3, 0.4) is 0 Å². The molecular weight excluding hydrogens is 331 g/mol. The standard InChI is InChI=1S/C13H14Cl2N4.2C2H6/c1-7-10(14)11-13(18-12(7)15)19(6-17-11)9-3-2-8(4-9)5-16;2*1-2/h8-9,17H,2-4,6H2,1H3;2*1-2H3. The van der Waals surface area contributed by atoms with Crippen molar-refractivity contribution in [3.05, 3.63) is 15.7 Å². The second-order valence-electron chi connectivity index (χ2n) is 5.14. The summed E-state index contributed by atoms with van der Waals surface area (Å²) in [4.78, 5) is 6.64. The molecule has 2 heterocycles. The molecule has 0 bridgehead atoms. The summed E-state index contributed by atoms with van der Waals surface area (Å²) in [6, 6.07) is 2.70. The van der Waals surface area contributed by atoms with Gasteiger partial charge in [-0.15, -0.1) is 0 Å². The van der Waals surface area contributed by atoms with Gasteiger partial charge in [-0.25, -0.2) is 4.98 Å². The number of halogens is 2. The van der Waals surface area contributed by atoms with Crippen LogP contribution < -0.4 is 10.2 Å². The monoisotopic (exact) mass is 356 g/mol. The minimum atomic E-state index is 0.158. The zero-order valence-electron chi connectivity index (χ0n) is 14.6. The normalized spacial score (nSPS) is 21.2. The van der Waals surface area contributed by atoms with Crippen molar-refractivity contribution in [2.24, 2.45) is 5.92 Å². The van der Waals surface area contributed by atoms with E-state index in [1.54, 1.807) is 0 Å². The summed E-state index contributed by atoms with van der Waals surface area (Å²) in [5.74, 6) is 0.981. The summed E-state index contributed by atoms with van der Waals surface area (Å²) in [5, 5.41) is 13.4. The molecule has 1 aromatic rings. The van der Waals surface area contributed by atoms with Crippen molar-refractivity contribution in [1.29, 1.82) is 5.26 Å². The van der Waals surface area contributed by atoms with Gasteiger partial charge in [-0.3, -0.25) is 0 Å². The third kappa shape index (κ3) is 4.02. The van der Waals surface area contributed by atoms with Crippen LogP contribution in [-0.4, -0.2) is 17.7 Å². The SMILES string of the molecule is CC.CC.Cc1c(Cl)nc2c(c1Cl)NCN2C1CCC(C#N)C1. The highest BCUT2D eigenvalue weighted by Gasteiger charge is 2.35. The molecular formula is C17H26Cl2N4. The molecule has 1 aromatic heterocycles. The van der Waals surface area contributed by atoms with Crippen LogP contribution in [0.5, 0.6) is 0 Å². The number of nitrogens with one attached hydrogen (secondary N) is 1. The molecule has 1 N–H and O–H groups in total. The maximum absolute atomic E-state index is 9.00. The van der Waals surface area contributed by atoms with Crippen LogP contribution in [-0.2, 0) is 0 Å². The van der Waals surface area contributed by atoms with Crippen molar-refractivity contribution in [3.8, 4) is 6.07 Å². The van der Waals surface area contributed by atoms with E-state index in [1.807, 2.05) is 34.6 Å². The summed E-state index contributed by atoms with van der Waals surface area (Å²) in [6.45, 7) is 10.5. The number of nitriles is 1. The third-order valence-corrected chi connectivity index (χ3v) is 4.85. The lowest BCUT2D eigenvalue weighted by atomic mass is 10.1. The molecule has 2 aliphatic rings. The Bertz CT molecular complexity index is 569. The highest BCUT2D eigenvalue weighted by molar-refractivity contribution is 6.38. The van der Waals surface area contributed by atoms with E-state index in [-0.39, 0.29) is 5.92 Å². The summed E-state index contributed by atoms with van der Waals surface area (Å²) in [7, 11) is 0. The molecule has 1 saturated carbocycles. The molecule has 2 atom stereocenters. The molecule has 128 valence electrons. The molecule has 23 heavy (non-hydrogen) atoms. The van der Waals surface area contributed by atoms with Gasteiger partial charge in [-0.1, -0.05) is 50.9 Å². The second-order valence-corrected chi connectivity index (χ2v) is 5.87. The van der Waals surface area contributed by atoms with Gasteiger partial charge in [0.15, 0.2) is 5.82 Å². The molecule has 6 heteroatoms. The van der Waals surface area contributed by atoms with E-state index >= 15 is 0 Å². The quantitative estimate of drug-likeness (QED) is 0.662. The first kappa shape index (κ1) is 19.9. The van der Waals surface area contributed by atoms with Crippen molar-refractivity contribution in [1.82, 2.24) is 4.98 Å². The summed E-state index contributed by atoms with van der Waals surface area (Å²) >= 11 is 12.4. The zero-order valence-corrected chi connectivity index (χ0v) is 16.1. The van der Waals surface area contributed by atoms with Crippen LogP contribution in [0, 0.1) is 24.2 Å². The summed E-state index contributed by atoms with van der Waals surface area (Å²) in [6.07, 6.45) is 2.87. The predicted molar refractivity (Wildman–Crippen MR) is 99.4 cm³/mol. The minimum Gasteiger partial charge on any atom is -0.363 e. The summed E-state index contributed by atoms with van der Waals surface area (Å²) in [5.41, 5.74) is 1.67. The molecule has 4 nitrogen and oxygen atoms in total. The lowest BCUT2D eigenvalue weighted by Crippen LogP contribution is -2.33. The Hall–Kier alpha value is -1.18. The van der Waals surface area contributed by atoms with Crippen molar-refractivity contribution < 1.29 is 0 Å². The fourth-order valence-corrected chi connectivity index (χ4v) is 3.34. The first-order valence-electron chi connectivity index (χ1n) is 8.37.